The molecule has 0 aliphatic carbocycles. The SMILES string of the molecule is CCCCNC(=O)c1cnn(-c2ccc(C)cc2)c1CC. The summed E-state index contributed by atoms with van der Waals surface area (Å²) in [7, 11) is 0. The molecule has 0 saturated heterocycles. The predicted octanol–water partition coefficient (Wildman–Crippen LogP) is 3.27. The van der Waals surface area contributed by atoms with E-state index in [0.29, 0.717) is 12.1 Å². The average Bonchev–Trinajstić information content (AvgIpc) is 2.92. The monoisotopic (exact) mass is 285 g/mol. The fourth-order valence-corrected chi connectivity index (χ4v) is 2.29. The standard InChI is InChI=1S/C17H23N3O/c1-4-6-11-18-17(21)15-12-19-20(16(15)5-2)14-9-7-13(3)8-10-14/h7-10,12H,4-6,11H2,1-3H3,(H,18,21). The molecule has 0 radical (unpaired) electrons. The molecule has 1 aromatic carbocycles. The van der Waals surface area contributed by atoms with Gasteiger partial charge in [0, 0.05) is 6.54 Å². The average molecular weight is 285 g/mol. The highest BCUT2D eigenvalue weighted by Crippen LogP contribution is 2.16. The van der Waals surface area contributed by atoms with Crippen LogP contribution in [-0.2, 0) is 6.42 Å². The van der Waals surface area contributed by atoms with Gasteiger partial charge in [0.15, 0.2) is 0 Å². The number of hydrogen-bond acceptors (Lipinski definition) is 2. The summed E-state index contributed by atoms with van der Waals surface area (Å²) in [5.74, 6) is -0.0290. The molecule has 0 atom stereocenters. The minimum absolute atomic E-state index is 0.0290. The number of rotatable bonds is 6. The van der Waals surface area contributed by atoms with Crippen LogP contribution in [0.5, 0.6) is 0 Å². The Morgan fingerprint density at radius 3 is 2.57 bits per heavy atom. The number of unbranched alkanes of at least 4 members (excludes halogenated alkanes) is 1. The molecule has 2 rings (SSSR count). The molecule has 1 amide bonds. The first-order valence-electron chi connectivity index (χ1n) is 7.59. The second-order valence-electron chi connectivity index (χ2n) is 5.22. The van der Waals surface area contributed by atoms with Crippen LogP contribution in [-0.4, -0.2) is 22.2 Å². The van der Waals surface area contributed by atoms with E-state index in [2.05, 4.69) is 36.4 Å². The maximum Gasteiger partial charge on any atom is 0.254 e. The second kappa shape index (κ2) is 7.07. The Bertz CT molecular complexity index is 599. The van der Waals surface area contributed by atoms with E-state index < -0.39 is 0 Å². The highest BCUT2D eigenvalue weighted by atomic mass is 16.1. The number of carbonyl (C=O) groups is 1. The zero-order valence-corrected chi connectivity index (χ0v) is 13.0. The highest BCUT2D eigenvalue weighted by Gasteiger charge is 2.16. The Balaban J connectivity index is 2.25. The number of amides is 1. The van der Waals surface area contributed by atoms with Crippen LogP contribution in [0.1, 0.15) is 48.3 Å². The van der Waals surface area contributed by atoms with Crippen molar-refractivity contribution in [3.63, 3.8) is 0 Å². The van der Waals surface area contributed by atoms with Gasteiger partial charge in [0.05, 0.1) is 23.1 Å². The van der Waals surface area contributed by atoms with Crippen LogP contribution < -0.4 is 5.32 Å². The summed E-state index contributed by atoms with van der Waals surface area (Å²) in [5.41, 5.74) is 3.83. The van der Waals surface area contributed by atoms with Gasteiger partial charge in [-0.2, -0.15) is 5.10 Å². The third kappa shape index (κ3) is 3.51. The van der Waals surface area contributed by atoms with Crippen LogP contribution in [0.25, 0.3) is 5.69 Å². The predicted molar refractivity (Wildman–Crippen MR) is 84.9 cm³/mol. The van der Waals surface area contributed by atoms with E-state index in [0.717, 1.165) is 30.6 Å². The largest absolute Gasteiger partial charge is 0.352 e. The van der Waals surface area contributed by atoms with Crippen molar-refractivity contribution in [3.8, 4) is 5.69 Å². The minimum Gasteiger partial charge on any atom is -0.352 e. The van der Waals surface area contributed by atoms with Crippen molar-refractivity contribution < 1.29 is 4.79 Å². The number of aryl methyl sites for hydroxylation is 1. The van der Waals surface area contributed by atoms with Gasteiger partial charge in [0.1, 0.15) is 0 Å². The molecule has 21 heavy (non-hydrogen) atoms. The zero-order chi connectivity index (χ0) is 15.2. The Morgan fingerprint density at radius 1 is 1.24 bits per heavy atom. The quantitative estimate of drug-likeness (QED) is 0.828. The third-order valence-corrected chi connectivity index (χ3v) is 3.54. The van der Waals surface area contributed by atoms with E-state index in [9.17, 15) is 4.79 Å². The van der Waals surface area contributed by atoms with Crippen molar-refractivity contribution in [3.05, 3.63) is 47.3 Å². The number of benzene rings is 1. The van der Waals surface area contributed by atoms with Gasteiger partial charge in [-0.05, 0) is 31.9 Å². The van der Waals surface area contributed by atoms with Crippen molar-refractivity contribution in [2.24, 2.45) is 0 Å². The zero-order valence-electron chi connectivity index (χ0n) is 13.0. The molecule has 0 saturated carbocycles. The topological polar surface area (TPSA) is 46.9 Å². The molecular formula is C17H23N3O. The van der Waals surface area contributed by atoms with Gasteiger partial charge in [-0.1, -0.05) is 38.0 Å². The van der Waals surface area contributed by atoms with Gasteiger partial charge in [0.2, 0.25) is 0 Å². The second-order valence-corrected chi connectivity index (χ2v) is 5.22. The van der Waals surface area contributed by atoms with Crippen molar-refractivity contribution >= 4 is 5.91 Å². The van der Waals surface area contributed by atoms with E-state index in [-0.39, 0.29) is 5.91 Å². The van der Waals surface area contributed by atoms with Crippen LogP contribution in [0.3, 0.4) is 0 Å². The van der Waals surface area contributed by atoms with Gasteiger partial charge in [-0.25, -0.2) is 4.68 Å². The van der Waals surface area contributed by atoms with E-state index in [1.54, 1.807) is 6.20 Å². The molecule has 0 aliphatic rings. The lowest BCUT2D eigenvalue weighted by atomic mass is 10.1. The lowest BCUT2D eigenvalue weighted by Crippen LogP contribution is -2.25. The summed E-state index contributed by atoms with van der Waals surface area (Å²) >= 11 is 0. The first-order chi connectivity index (χ1) is 10.2. The molecule has 4 nitrogen and oxygen atoms in total. The Kier molecular flexibility index (Phi) is 5.14. The summed E-state index contributed by atoms with van der Waals surface area (Å²) in [6.07, 6.45) is 4.51. The summed E-state index contributed by atoms with van der Waals surface area (Å²) in [6, 6.07) is 8.16. The molecule has 1 aromatic heterocycles. The number of nitrogens with zero attached hydrogens (tertiary/aromatic N) is 2. The molecule has 0 aliphatic heterocycles. The molecule has 0 unspecified atom stereocenters. The molecule has 4 heteroatoms. The third-order valence-electron chi connectivity index (χ3n) is 3.54. The summed E-state index contributed by atoms with van der Waals surface area (Å²) in [5, 5.41) is 7.35. The van der Waals surface area contributed by atoms with Crippen molar-refractivity contribution in [1.82, 2.24) is 15.1 Å². The van der Waals surface area contributed by atoms with Crippen molar-refractivity contribution in [1.29, 1.82) is 0 Å². The molecule has 1 N–H and O–H groups in total. The molecule has 0 bridgehead atoms. The van der Waals surface area contributed by atoms with Crippen LogP contribution in [0.15, 0.2) is 30.5 Å². The Hall–Kier alpha value is -2.10. The van der Waals surface area contributed by atoms with Gasteiger partial charge in [-0.3, -0.25) is 4.79 Å². The van der Waals surface area contributed by atoms with E-state index in [1.165, 1.54) is 5.56 Å². The summed E-state index contributed by atoms with van der Waals surface area (Å²) < 4.78 is 1.86. The van der Waals surface area contributed by atoms with Gasteiger partial charge in [0.25, 0.3) is 5.91 Å². The van der Waals surface area contributed by atoms with Crippen molar-refractivity contribution in [2.75, 3.05) is 6.54 Å². The number of nitrogens with one attached hydrogen (secondary N) is 1. The maximum absolute atomic E-state index is 12.2. The van der Waals surface area contributed by atoms with E-state index in [4.69, 9.17) is 0 Å². The molecule has 112 valence electrons. The Morgan fingerprint density at radius 2 is 1.95 bits per heavy atom. The Labute approximate surface area is 126 Å². The fraction of sp³-hybridized carbons (Fsp3) is 0.412. The van der Waals surface area contributed by atoms with E-state index in [1.807, 2.05) is 23.7 Å². The lowest BCUT2D eigenvalue weighted by molar-refractivity contribution is 0.0952. The first-order valence-corrected chi connectivity index (χ1v) is 7.59. The molecule has 0 spiro atoms. The van der Waals surface area contributed by atoms with Crippen LogP contribution in [0.4, 0.5) is 0 Å². The molecular weight excluding hydrogens is 262 g/mol. The van der Waals surface area contributed by atoms with Gasteiger partial charge < -0.3 is 5.32 Å². The summed E-state index contributed by atoms with van der Waals surface area (Å²) in [6.45, 7) is 6.93. The fourth-order valence-electron chi connectivity index (χ4n) is 2.29. The number of aromatic nitrogens is 2. The lowest BCUT2D eigenvalue weighted by Gasteiger charge is -2.08. The number of hydrogen-bond donors (Lipinski definition) is 1. The highest BCUT2D eigenvalue weighted by molar-refractivity contribution is 5.95. The molecule has 1 heterocycles. The maximum atomic E-state index is 12.2. The van der Waals surface area contributed by atoms with Gasteiger partial charge >= 0.3 is 0 Å². The van der Waals surface area contributed by atoms with Crippen molar-refractivity contribution in [2.45, 2.75) is 40.0 Å². The number of carbonyl (C=O) groups excluding carboxylic acids is 1. The van der Waals surface area contributed by atoms with Crippen LogP contribution >= 0.6 is 0 Å². The van der Waals surface area contributed by atoms with Gasteiger partial charge in [-0.15, -0.1) is 0 Å². The van der Waals surface area contributed by atoms with E-state index >= 15 is 0 Å². The molecule has 2 aromatic rings. The van der Waals surface area contributed by atoms with Crippen LogP contribution in [0.2, 0.25) is 0 Å². The first kappa shape index (κ1) is 15.3. The normalized spacial score (nSPS) is 10.6. The summed E-state index contributed by atoms with van der Waals surface area (Å²) in [4.78, 5) is 12.2. The smallest absolute Gasteiger partial charge is 0.254 e. The van der Waals surface area contributed by atoms with Crippen LogP contribution in [0, 0.1) is 6.92 Å². The molecule has 0 fully saturated rings. The minimum atomic E-state index is -0.0290.